The fourth-order valence-electron chi connectivity index (χ4n) is 1.07. The molecule has 0 fully saturated rings. The Morgan fingerprint density at radius 3 is 2.20 bits per heavy atom. The Morgan fingerprint density at radius 1 is 1.13 bits per heavy atom. The number of allylic oxidation sites excluding steroid dienone is 4. The van der Waals surface area contributed by atoms with Gasteiger partial charge in [-0.2, -0.15) is 5.26 Å². The standard InChI is InChI=1S/C13H13N.Na/c1-11(2)8-9-13(10-14)12-6-4-3-5-7-12;/h3-9H,1-2H3;/b13-9-;. The Labute approximate surface area is 113 Å². The van der Waals surface area contributed by atoms with E-state index in [0.717, 1.165) is 5.56 Å². The summed E-state index contributed by atoms with van der Waals surface area (Å²) < 4.78 is 0. The van der Waals surface area contributed by atoms with Crippen molar-refractivity contribution in [2.75, 3.05) is 0 Å². The quantitative estimate of drug-likeness (QED) is 0.414. The molecule has 0 heterocycles. The third-order valence-electron chi connectivity index (χ3n) is 1.79. The molecule has 0 bridgehead atoms. The number of hydrogen-bond donors (Lipinski definition) is 0. The Hall–Kier alpha value is -0.810. The second-order valence-electron chi connectivity index (χ2n) is 3.30. The van der Waals surface area contributed by atoms with Gasteiger partial charge in [0.25, 0.3) is 0 Å². The van der Waals surface area contributed by atoms with Gasteiger partial charge >= 0.3 is 0 Å². The third-order valence-corrected chi connectivity index (χ3v) is 1.79. The molecule has 0 aliphatic rings. The average molecular weight is 206 g/mol. The van der Waals surface area contributed by atoms with Crippen molar-refractivity contribution in [2.24, 2.45) is 0 Å². The monoisotopic (exact) mass is 206 g/mol. The molecule has 1 aromatic carbocycles. The van der Waals surface area contributed by atoms with E-state index >= 15 is 0 Å². The predicted molar refractivity (Wildman–Crippen MR) is 65.2 cm³/mol. The number of nitriles is 1. The summed E-state index contributed by atoms with van der Waals surface area (Å²) in [5.41, 5.74) is 2.85. The van der Waals surface area contributed by atoms with Crippen molar-refractivity contribution in [3.05, 3.63) is 53.6 Å². The molecule has 0 saturated carbocycles. The molecule has 0 spiro atoms. The molecular formula is C13H13NNa. The van der Waals surface area contributed by atoms with Gasteiger partial charge in [-0.25, -0.2) is 0 Å². The molecule has 0 aliphatic heterocycles. The predicted octanol–water partition coefficient (Wildman–Crippen LogP) is 3.18. The van der Waals surface area contributed by atoms with E-state index in [0.29, 0.717) is 5.57 Å². The zero-order chi connectivity index (χ0) is 10.4. The zero-order valence-electron chi connectivity index (χ0n) is 9.49. The van der Waals surface area contributed by atoms with Crippen molar-refractivity contribution in [1.29, 1.82) is 5.26 Å². The first-order chi connectivity index (χ1) is 6.74. The second kappa shape index (κ2) is 7.48. The van der Waals surface area contributed by atoms with Crippen LogP contribution in [0.25, 0.3) is 5.57 Å². The molecule has 2 heteroatoms. The van der Waals surface area contributed by atoms with Gasteiger partial charge in [0.1, 0.15) is 0 Å². The summed E-state index contributed by atoms with van der Waals surface area (Å²) in [7, 11) is 0. The Kier molecular flexibility index (Phi) is 7.07. The second-order valence-corrected chi connectivity index (χ2v) is 3.30. The third kappa shape index (κ3) is 4.99. The molecule has 0 aromatic heterocycles. The summed E-state index contributed by atoms with van der Waals surface area (Å²) >= 11 is 0. The Morgan fingerprint density at radius 2 is 1.73 bits per heavy atom. The van der Waals surface area contributed by atoms with Gasteiger partial charge in [-0.15, -0.1) is 0 Å². The van der Waals surface area contributed by atoms with Gasteiger partial charge in [0.2, 0.25) is 0 Å². The SMILES string of the molecule is CC(C)=C/C=C(/C#N)c1ccccc1.[Na]. The zero-order valence-corrected chi connectivity index (χ0v) is 11.5. The van der Waals surface area contributed by atoms with E-state index in [1.54, 1.807) is 0 Å². The van der Waals surface area contributed by atoms with Gasteiger partial charge in [0, 0.05) is 29.6 Å². The maximum absolute atomic E-state index is 8.94. The van der Waals surface area contributed by atoms with Crippen LogP contribution in [-0.4, -0.2) is 29.6 Å². The van der Waals surface area contributed by atoms with E-state index in [9.17, 15) is 0 Å². The smallest absolute Gasteiger partial charge is 0.0997 e. The molecule has 15 heavy (non-hydrogen) atoms. The largest absolute Gasteiger partial charge is 0.192 e. The van der Waals surface area contributed by atoms with E-state index in [1.807, 2.05) is 56.3 Å². The van der Waals surface area contributed by atoms with Gasteiger partial charge in [-0.1, -0.05) is 42.0 Å². The Balaban J connectivity index is 0.00000196. The van der Waals surface area contributed by atoms with Crippen molar-refractivity contribution in [1.82, 2.24) is 0 Å². The van der Waals surface area contributed by atoms with Gasteiger partial charge in [0.15, 0.2) is 0 Å². The first kappa shape index (κ1) is 14.2. The summed E-state index contributed by atoms with van der Waals surface area (Å²) in [5, 5.41) is 8.94. The number of nitrogens with zero attached hydrogens (tertiary/aromatic N) is 1. The van der Waals surface area contributed by atoms with E-state index < -0.39 is 0 Å². The maximum Gasteiger partial charge on any atom is 0.0997 e. The van der Waals surface area contributed by atoms with Crippen molar-refractivity contribution in [3.63, 3.8) is 0 Å². The van der Waals surface area contributed by atoms with Crippen LogP contribution in [-0.2, 0) is 0 Å². The fourth-order valence-corrected chi connectivity index (χ4v) is 1.07. The maximum atomic E-state index is 8.94. The van der Waals surface area contributed by atoms with Crippen LogP contribution in [0.3, 0.4) is 0 Å². The molecule has 0 N–H and O–H groups in total. The molecule has 0 atom stereocenters. The van der Waals surface area contributed by atoms with E-state index in [2.05, 4.69) is 6.07 Å². The van der Waals surface area contributed by atoms with Crippen LogP contribution in [0.2, 0.25) is 0 Å². The van der Waals surface area contributed by atoms with E-state index in [1.165, 1.54) is 5.57 Å². The van der Waals surface area contributed by atoms with E-state index in [4.69, 9.17) is 5.26 Å². The van der Waals surface area contributed by atoms with Gasteiger partial charge in [0.05, 0.1) is 11.6 Å². The number of rotatable bonds is 2. The van der Waals surface area contributed by atoms with E-state index in [-0.39, 0.29) is 29.6 Å². The summed E-state index contributed by atoms with van der Waals surface area (Å²) in [6.07, 6.45) is 3.80. The molecule has 1 nitrogen and oxygen atoms in total. The fraction of sp³-hybridized carbons (Fsp3) is 0.154. The van der Waals surface area contributed by atoms with Crippen LogP contribution in [0.15, 0.2) is 48.1 Å². The van der Waals surface area contributed by atoms with Crippen LogP contribution < -0.4 is 0 Å². The van der Waals surface area contributed by atoms with Crippen molar-refractivity contribution in [2.45, 2.75) is 13.8 Å². The Bertz CT molecular complexity index is 392. The average Bonchev–Trinajstić information content (AvgIpc) is 2.20. The molecule has 0 amide bonds. The van der Waals surface area contributed by atoms with Gasteiger partial charge < -0.3 is 0 Å². The topological polar surface area (TPSA) is 23.8 Å². The molecule has 1 rings (SSSR count). The summed E-state index contributed by atoms with van der Waals surface area (Å²) in [5.74, 6) is 0. The van der Waals surface area contributed by atoms with Crippen LogP contribution in [0.4, 0.5) is 0 Å². The van der Waals surface area contributed by atoms with Crippen molar-refractivity contribution < 1.29 is 0 Å². The van der Waals surface area contributed by atoms with Crippen LogP contribution in [0, 0.1) is 11.3 Å². The van der Waals surface area contributed by atoms with Crippen molar-refractivity contribution >= 4 is 35.1 Å². The molecular weight excluding hydrogens is 193 g/mol. The minimum absolute atomic E-state index is 0. The first-order valence-corrected chi connectivity index (χ1v) is 4.54. The van der Waals surface area contributed by atoms with Gasteiger partial charge in [-0.3, -0.25) is 0 Å². The minimum Gasteiger partial charge on any atom is -0.192 e. The molecule has 1 radical (unpaired) electrons. The van der Waals surface area contributed by atoms with Crippen LogP contribution in [0.1, 0.15) is 19.4 Å². The summed E-state index contributed by atoms with van der Waals surface area (Å²) in [4.78, 5) is 0. The van der Waals surface area contributed by atoms with Crippen LogP contribution >= 0.6 is 0 Å². The normalized spacial score (nSPS) is 9.80. The van der Waals surface area contributed by atoms with Crippen LogP contribution in [0.5, 0.6) is 0 Å². The van der Waals surface area contributed by atoms with Gasteiger partial charge in [-0.05, 0) is 25.5 Å². The number of benzene rings is 1. The minimum atomic E-state index is 0. The number of hydrogen-bond acceptors (Lipinski definition) is 1. The summed E-state index contributed by atoms with van der Waals surface area (Å²) in [6, 6.07) is 11.9. The molecule has 1 aromatic rings. The first-order valence-electron chi connectivity index (χ1n) is 4.54. The molecule has 0 saturated heterocycles. The molecule has 0 unspecified atom stereocenters. The molecule has 0 aliphatic carbocycles. The van der Waals surface area contributed by atoms with Crippen molar-refractivity contribution in [3.8, 4) is 6.07 Å². The molecule has 71 valence electrons. The summed E-state index contributed by atoms with van der Waals surface area (Å²) in [6.45, 7) is 4.02.